The Bertz CT molecular complexity index is 367. The molecule has 1 heterocycles. The van der Waals surface area contributed by atoms with Gasteiger partial charge < -0.3 is 4.74 Å². The van der Waals surface area contributed by atoms with Crippen LogP contribution in [0.4, 0.5) is 0 Å². The molecule has 1 aromatic carbocycles. The maximum absolute atomic E-state index is 5.38. The Hall–Kier alpha value is -0.380. The summed E-state index contributed by atoms with van der Waals surface area (Å²) in [5.74, 6) is 0. The number of methoxy groups -OCH3 is 1. The number of hydrogen-bond donors (Lipinski definition) is 0. The van der Waals surface area contributed by atoms with E-state index in [0.717, 1.165) is 30.5 Å². The molecule has 0 bridgehead atoms. The molecule has 1 aromatic rings. The van der Waals surface area contributed by atoms with Gasteiger partial charge >= 0.3 is 0 Å². The first-order chi connectivity index (χ1) is 7.69. The van der Waals surface area contributed by atoms with Gasteiger partial charge in [0.2, 0.25) is 0 Å². The molecule has 16 heavy (non-hydrogen) atoms. The van der Waals surface area contributed by atoms with Crippen LogP contribution in [0.2, 0.25) is 0 Å². The second kappa shape index (κ2) is 5.30. The summed E-state index contributed by atoms with van der Waals surface area (Å²) >= 11 is 3.53. The summed E-state index contributed by atoms with van der Waals surface area (Å²) in [6.45, 7) is 5.41. The van der Waals surface area contributed by atoms with Crippen LogP contribution < -0.4 is 0 Å². The smallest absolute Gasteiger partial charge is 0.0710 e. The molecule has 0 saturated carbocycles. The Morgan fingerprint density at radius 2 is 2.31 bits per heavy atom. The summed E-state index contributed by atoms with van der Waals surface area (Å²) in [7, 11) is 1.80. The van der Waals surface area contributed by atoms with Crippen molar-refractivity contribution >= 4 is 15.9 Å². The van der Waals surface area contributed by atoms with Gasteiger partial charge in [0.15, 0.2) is 0 Å². The predicted molar refractivity (Wildman–Crippen MR) is 69.6 cm³/mol. The van der Waals surface area contributed by atoms with Crippen LogP contribution in [0.5, 0.6) is 0 Å². The summed E-state index contributed by atoms with van der Waals surface area (Å²) in [6.07, 6.45) is 1.58. The SMILES string of the molecule is COC1CCN(Cc2cc(Br)ccc2C)C1. The Kier molecular flexibility index (Phi) is 4.00. The highest BCUT2D eigenvalue weighted by molar-refractivity contribution is 9.10. The van der Waals surface area contributed by atoms with Crippen molar-refractivity contribution in [2.75, 3.05) is 20.2 Å². The van der Waals surface area contributed by atoms with Crippen LogP contribution in [0.3, 0.4) is 0 Å². The first kappa shape index (κ1) is 12.1. The number of aryl methyl sites for hydroxylation is 1. The van der Waals surface area contributed by atoms with Gasteiger partial charge in [-0.3, -0.25) is 4.90 Å². The molecule has 0 radical (unpaired) electrons. The van der Waals surface area contributed by atoms with E-state index in [1.54, 1.807) is 7.11 Å². The molecule has 1 fully saturated rings. The summed E-state index contributed by atoms with van der Waals surface area (Å²) < 4.78 is 6.54. The van der Waals surface area contributed by atoms with E-state index in [4.69, 9.17) is 4.74 Å². The van der Waals surface area contributed by atoms with Crippen molar-refractivity contribution in [1.29, 1.82) is 0 Å². The van der Waals surface area contributed by atoms with Crippen LogP contribution >= 0.6 is 15.9 Å². The van der Waals surface area contributed by atoms with Crippen LogP contribution in [0, 0.1) is 6.92 Å². The summed E-state index contributed by atoms with van der Waals surface area (Å²) in [6, 6.07) is 6.49. The molecule has 0 aliphatic carbocycles. The average molecular weight is 284 g/mol. The minimum Gasteiger partial charge on any atom is -0.380 e. The van der Waals surface area contributed by atoms with Gasteiger partial charge in [-0.15, -0.1) is 0 Å². The van der Waals surface area contributed by atoms with Gasteiger partial charge in [-0.2, -0.15) is 0 Å². The molecule has 1 atom stereocenters. The molecule has 2 rings (SSSR count). The number of likely N-dealkylation sites (tertiary alicyclic amines) is 1. The molecule has 2 nitrogen and oxygen atoms in total. The molecule has 88 valence electrons. The van der Waals surface area contributed by atoms with E-state index in [2.05, 4.69) is 46.0 Å². The largest absolute Gasteiger partial charge is 0.380 e. The zero-order valence-corrected chi connectivity index (χ0v) is 11.5. The Labute approximate surface area is 106 Å². The summed E-state index contributed by atoms with van der Waals surface area (Å²) in [5.41, 5.74) is 2.77. The molecule has 0 aromatic heterocycles. The van der Waals surface area contributed by atoms with Crippen molar-refractivity contribution in [1.82, 2.24) is 4.90 Å². The third-order valence-corrected chi connectivity index (χ3v) is 3.76. The summed E-state index contributed by atoms with van der Waals surface area (Å²) in [5, 5.41) is 0. The monoisotopic (exact) mass is 283 g/mol. The van der Waals surface area contributed by atoms with Crippen LogP contribution in [0.15, 0.2) is 22.7 Å². The Morgan fingerprint density at radius 1 is 1.50 bits per heavy atom. The van der Waals surface area contributed by atoms with Crippen molar-refractivity contribution < 1.29 is 4.74 Å². The van der Waals surface area contributed by atoms with E-state index in [1.807, 2.05) is 0 Å². The third kappa shape index (κ3) is 2.84. The van der Waals surface area contributed by atoms with Crippen molar-refractivity contribution in [3.63, 3.8) is 0 Å². The fraction of sp³-hybridized carbons (Fsp3) is 0.538. The lowest BCUT2D eigenvalue weighted by molar-refractivity contribution is 0.107. The molecule has 1 unspecified atom stereocenters. The second-order valence-corrected chi connectivity index (χ2v) is 5.37. The van der Waals surface area contributed by atoms with Crippen molar-refractivity contribution in [2.24, 2.45) is 0 Å². The number of nitrogens with zero attached hydrogens (tertiary/aromatic N) is 1. The van der Waals surface area contributed by atoms with Crippen LogP contribution in [-0.4, -0.2) is 31.2 Å². The zero-order valence-electron chi connectivity index (χ0n) is 9.87. The number of rotatable bonds is 3. The quantitative estimate of drug-likeness (QED) is 0.846. The van der Waals surface area contributed by atoms with Crippen LogP contribution in [0.25, 0.3) is 0 Å². The lowest BCUT2D eigenvalue weighted by Gasteiger charge is -2.17. The van der Waals surface area contributed by atoms with E-state index in [9.17, 15) is 0 Å². The first-order valence-electron chi connectivity index (χ1n) is 5.69. The minimum absolute atomic E-state index is 0.424. The highest BCUT2D eigenvalue weighted by atomic mass is 79.9. The van der Waals surface area contributed by atoms with Gasteiger partial charge in [-0.25, -0.2) is 0 Å². The zero-order chi connectivity index (χ0) is 11.5. The molecule has 1 aliphatic rings. The maximum atomic E-state index is 5.38. The van der Waals surface area contributed by atoms with Gasteiger partial charge in [0.25, 0.3) is 0 Å². The number of benzene rings is 1. The number of halogens is 1. The van der Waals surface area contributed by atoms with Crippen molar-refractivity contribution in [3.05, 3.63) is 33.8 Å². The maximum Gasteiger partial charge on any atom is 0.0710 e. The molecule has 0 spiro atoms. The molecular weight excluding hydrogens is 266 g/mol. The lowest BCUT2D eigenvalue weighted by Crippen LogP contribution is -2.22. The van der Waals surface area contributed by atoms with Gasteiger partial charge in [0.1, 0.15) is 0 Å². The lowest BCUT2D eigenvalue weighted by atomic mass is 10.1. The molecule has 0 N–H and O–H groups in total. The molecule has 1 aliphatic heterocycles. The van der Waals surface area contributed by atoms with Crippen LogP contribution in [-0.2, 0) is 11.3 Å². The molecule has 1 saturated heterocycles. The van der Waals surface area contributed by atoms with Crippen molar-refractivity contribution in [3.8, 4) is 0 Å². The molecule has 0 amide bonds. The fourth-order valence-electron chi connectivity index (χ4n) is 2.18. The highest BCUT2D eigenvalue weighted by Crippen LogP contribution is 2.20. The minimum atomic E-state index is 0.424. The molecule has 3 heteroatoms. The number of hydrogen-bond acceptors (Lipinski definition) is 2. The van der Waals surface area contributed by atoms with Crippen LogP contribution in [0.1, 0.15) is 17.5 Å². The molecular formula is C13H18BrNO. The van der Waals surface area contributed by atoms with E-state index >= 15 is 0 Å². The highest BCUT2D eigenvalue weighted by Gasteiger charge is 2.22. The van der Waals surface area contributed by atoms with E-state index in [0.29, 0.717) is 6.10 Å². The fourth-order valence-corrected chi connectivity index (χ4v) is 2.59. The topological polar surface area (TPSA) is 12.5 Å². The van der Waals surface area contributed by atoms with E-state index in [1.165, 1.54) is 11.1 Å². The summed E-state index contributed by atoms with van der Waals surface area (Å²) in [4.78, 5) is 2.46. The first-order valence-corrected chi connectivity index (χ1v) is 6.48. The normalized spacial score (nSPS) is 21.6. The Morgan fingerprint density at radius 3 is 3.00 bits per heavy atom. The third-order valence-electron chi connectivity index (χ3n) is 3.27. The van der Waals surface area contributed by atoms with Gasteiger partial charge in [-0.05, 0) is 36.6 Å². The number of ether oxygens (including phenoxy) is 1. The average Bonchev–Trinajstić information content (AvgIpc) is 2.71. The Balaban J connectivity index is 2.01. The van der Waals surface area contributed by atoms with E-state index in [-0.39, 0.29) is 0 Å². The van der Waals surface area contributed by atoms with Gasteiger partial charge in [-0.1, -0.05) is 22.0 Å². The van der Waals surface area contributed by atoms with E-state index < -0.39 is 0 Å². The second-order valence-electron chi connectivity index (χ2n) is 4.45. The predicted octanol–water partition coefficient (Wildman–Crippen LogP) is 2.98. The van der Waals surface area contributed by atoms with Crippen molar-refractivity contribution in [2.45, 2.75) is 26.0 Å². The van der Waals surface area contributed by atoms with Gasteiger partial charge in [0, 0.05) is 31.2 Å². The standard InChI is InChI=1S/C13H18BrNO/c1-10-3-4-12(14)7-11(10)8-15-6-5-13(9-15)16-2/h3-4,7,13H,5-6,8-9H2,1-2H3. The van der Waals surface area contributed by atoms with Gasteiger partial charge in [0.05, 0.1) is 6.10 Å².